The van der Waals surface area contributed by atoms with Crippen molar-refractivity contribution in [2.45, 2.75) is 6.04 Å². The molecule has 106 valence electrons. The van der Waals surface area contributed by atoms with E-state index in [4.69, 9.17) is 26.9 Å². The molecule has 0 saturated heterocycles. The van der Waals surface area contributed by atoms with Gasteiger partial charge >= 0.3 is 0 Å². The lowest BCUT2D eigenvalue weighted by Gasteiger charge is -2.18. The predicted octanol–water partition coefficient (Wildman–Crippen LogP) is 2.30. The van der Waals surface area contributed by atoms with Crippen molar-refractivity contribution >= 4 is 11.6 Å². The first kappa shape index (κ1) is 14.6. The van der Waals surface area contributed by atoms with Gasteiger partial charge in [0.25, 0.3) is 0 Å². The Hall–Kier alpha value is -1.82. The van der Waals surface area contributed by atoms with Crippen LogP contribution < -0.4 is 20.7 Å². The maximum atomic E-state index is 6.17. The second-order valence-electron chi connectivity index (χ2n) is 4.12. The Labute approximate surface area is 122 Å². The molecule has 0 bridgehead atoms. The van der Waals surface area contributed by atoms with Crippen LogP contribution in [0.3, 0.4) is 0 Å². The highest BCUT2D eigenvalue weighted by Crippen LogP contribution is 2.31. The molecule has 0 aliphatic carbocycles. The van der Waals surface area contributed by atoms with Crippen LogP contribution >= 0.6 is 11.6 Å². The Bertz CT molecular complexity index is 570. The molecule has 0 spiro atoms. The minimum atomic E-state index is -0.354. The Morgan fingerprint density at radius 3 is 2.35 bits per heavy atom. The molecule has 6 heteroatoms. The predicted molar refractivity (Wildman–Crippen MR) is 78.0 cm³/mol. The quantitative estimate of drug-likeness (QED) is 0.654. The van der Waals surface area contributed by atoms with Crippen molar-refractivity contribution in [1.29, 1.82) is 0 Å². The summed E-state index contributed by atoms with van der Waals surface area (Å²) in [5.41, 5.74) is 4.22. The van der Waals surface area contributed by atoms with Gasteiger partial charge in [-0.2, -0.15) is 0 Å². The van der Waals surface area contributed by atoms with Crippen LogP contribution in [-0.2, 0) is 0 Å². The molecule has 2 aromatic rings. The van der Waals surface area contributed by atoms with Gasteiger partial charge < -0.3 is 9.47 Å². The summed E-state index contributed by atoms with van der Waals surface area (Å²) in [6.07, 6.45) is 1.67. The largest absolute Gasteiger partial charge is 0.497 e. The molecule has 0 fully saturated rings. The number of nitrogens with zero attached hydrogens (tertiary/aromatic N) is 1. The molecule has 0 radical (unpaired) electrons. The molecule has 1 atom stereocenters. The third kappa shape index (κ3) is 3.01. The Morgan fingerprint density at radius 1 is 1.20 bits per heavy atom. The molecule has 0 saturated carbocycles. The Morgan fingerprint density at radius 2 is 1.85 bits per heavy atom. The van der Waals surface area contributed by atoms with Crippen LogP contribution in [0.15, 0.2) is 36.5 Å². The van der Waals surface area contributed by atoms with Gasteiger partial charge in [0.15, 0.2) is 0 Å². The number of nitrogens with two attached hydrogens (primary N) is 1. The maximum Gasteiger partial charge on any atom is 0.122 e. The van der Waals surface area contributed by atoms with Crippen molar-refractivity contribution in [2.24, 2.45) is 5.84 Å². The zero-order valence-corrected chi connectivity index (χ0v) is 12.0. The van der Waals surface area contributed by atoms with Gasteiger partial charge in [0.2, 0.25) is 0 Å². The summed E-state index contributed by atoms with van der Waals surface area (Å²) in [5, 5.41) is 0.539. The van der Waals surface area contributed by atoms with Crippen LogP contribution in [0.4, 0.5) is 0 Å². The molecule has 1 unspecified atom stereocenters. The van der Waals surface area contributed by atoms with Crippen LogP contribution in [0.25, 0.3) is 0 Å². The second-order valence-corrected chi connectivity index (χ2v) is 4.52. The van der Waals surface area contributed by atoms with E-state index in [-0.39, 0.29) is 6.04 Å². The monoisotopic (exact) mass is 293 g/mol. The normalized spacial score (nSPS) is 12.0. The average molecular weight is 294 g/mol. The molecule has 2 rings (SSSR count). The maximum absolute atomic E-state index is 6.17. The fourth-order valence-corrected chi connectivity index (χ4v) is 2.17. The van der Waals surface area contributed by atoms with Gasteiger partial charge in [0.05, 0.1) is 31.0 Å². The van der Waals surface area contributed by atoms with Crippen molar-refractivity contribution in [3.05, 3.63) is 52.8 Å². The van der Waals surface area contributed by atoms with Crippen LogP contribution in [0.2, 0.25) is 5.02 Å². The number of pyridine rings is 1. The topological polar surface area (TPSA) is 69.4 Å². The molecule has 3 N–H and O–H groups in total. The summed E-state index contributed by atoms with van der Waals surface area (Å²) in [4.78, 5) is 4.28. The summed E-state index contributed by atoms with van der Waals surface area (Å²) in [5.74, 6) is 7.00. The number of benzene rings is 1. The minimum absolute atomic E-state index is 0.354. The number of hydrazine groups is 1. The lowest BCUT2D eigenvalue weighted by Crippen LogP contribution is -2.29. The lowest BCUT2D eigenvalue weighted by molar-refractivity contribution is 0.392. The molecule has 0 amide bonds. The Balaban J connectivity index is 2.49. The summed E-state index contributed by atoms with van der Waals surface area (Å²) < 4.78 is 10.5. The molecule has 20 heavy (non-hydrogen) atoms. The van der Waals surface area contributed by atoms with E-state index >= 15 is 0 Å². The molecule has 5 nitrogen and oxygen atoms in total. The summed E-state index contributed by atoms with van der Waals surface area (Å²) in [6.45, 7) is 0. The molecule has 0 aliphatic heterocycles. The van der Waals surface area contributed by atoms with Crippen LogP contribution in [0.1, 0.15) is 17.3 Å². The molecular weight excluding hydrogens is 278 g/mol. The van der Waals surface area contributed by atoms with E-state index in [1.807, 2.05) is 12.1 Å². The van der Waals surface area contributed by atoms with Gasteiger partial charge in [0.1, 0.15) is 11.5 Å². The fraction of sp³-hybridized carbons (Fsp3) is 0.214. The first-order valence-electron chi connectivity index (χ1n) is 5.99. The van der Waals surface area contributed by atoms with Gasteiger partial charge in [-0.3, -0.25) is 10.8 Å². The number of methoxy groups -OCH3 is 2. The number of hydrogen-bond donors (Lipinski definition) is 2. The average Bonchev–Trinajstić information content (AvgIpc) is 2.49. The van der Waals surface area contributed by atoms with E-state index in [2.05, 4.69) is 10.4 Å². The molecular formula is C14H16ClN3O2. The highest BCUT2D eigenvalue weighted by atomic mass is 35.5. The van der Waals surface area contributed by atoms with Gasteiger partial charge in [0, 0.05) is 12.3 Å². The number of hydrogen-bond acceptors (Lipinski definition) is 5. The SMILES string of the molecule is COc1cc(OC)cc(C(NN)c2ncccc2Cl)c1. The molecule has 1 aromatic carbocycles. The van der Waals surface area contributed by atoms with Gasteiger partial charge in [-0.25, -0.2) is 5.43 Å². The van der Waals surface area contributed by atoms with Crippen molar-refractivity contribution < 1.29 is 9.47 Å². The number of halogens is 1. The van der Waals surface area contributed by atoms with E-state index in [0.717, 1.165) is 5.56 Å². The van der Waals surface area contributed by atoms with E-state index in [9.17, 15) is 0 Å². The van der Waals surface area contributed by atoms with Crippen LogP contribution in [-0.4, -0.2) is 19.2 Å². The van der Waals surface area contributed by atoms with E-state index in [0.29, 0.717) is 22.2 Å². The number of ether oxygens (including phenoxy) is 2. The van der Waals surface area contributed by atoms with E-state index in [1.54, 1.807) is 38.6 Å². The molecule has 1 aromatic heterocycles. The van der Waals surface area contributed by atoms with Gasteiger partial charge in [-0.05, 0) is 29.8 Å². The summed E-state index contributed by atoms with van der Waals surface area (Å²) in [7, 11) is 3.19. The molecule has 1 heterocycles. The van der Waals surface area contributed by atoms with Crippen molar-refractivity contribution in [1.82, 2.24) is 10.4 Å². The Kier molecular flexibility index (Phi) is 4.79. The summed E-state index contributed by atoms with van der Waals surface area (Å²) in [6, 6.07) is 8.69. The van der Waals surface area contributed by atoms with Gasteiger partial charge in [-0.1, -0.05) is 11.6 Å². The highest BCUT2D eigenvalue weighted by molar-refractivity contribution is 6.31. The van der Waals surface area contributed by atoms with E-state index in [1.165, 1.54) is 0 Å². The smallest absolute Gasteiger partial charge is 0.122 e. The lowest BCUT2D eigenvalue weighted by atomic mass is 10.0. The molecule has 0 aliphatic rings. The van der Waals surface area contributed by atoms with Crippen molar-refractivity contribution in [3.63, 3.8) is 0 Å². The highest BCUT2D eigenvalue weighted by Gasteiger charge is 2.18. The summed E-state index contributed by atoms with van der Waals surface area (Å²) >= 11 is 6.17. The second kappa shape index (κ2) is 6.56. The van der Waals surface area contributed by atoms with Crippen LogP contribution in [0, 0.1) is 0 Å². The van der Waals surface area contributed by atoms with Crippen LogP contribution in [0.5, 0.6) is 11.5 Å². The van der Waals surface area contributed by atoms with Gasteiger partial charge in [-0.15, -0.1) is 0 Å². The standard InChI is InChI=1S/C14H16ClN3O2/c1-19-10-6-9(7-11(8-10)20-2)13(18-16)14-12(15)4-3-5-17-14/h3-8,13,18H,16H2,1-2H3. The third-order valence-corrected chi connectivity index (χ3v) is 3.25. The first-order valence-corrected chi connectivity index (χ1v) is 6.37. The number of aromatic nitrogens is 1. The number of rotatable bonds is 5. The van der Waals surface area contributed by atoms with Crippen molar-refractivity contribution in [3.8, 4) is 11.5 Å². The zero-order chi connectivity index (χ0) is 14.5. The third-order valence-electron chi connectivity index (χ3n) is 2.93. The first-order chi connectivity index (χ1) is 9.69. The van der Waals surface area contributed by atoms with E-state index < -0.39 is 0 Å². The fourth-order valence-electron chi connectivity index (χ4n) is 1.94. The minimum Gasteiger partial charge on any atom is -0.497 e. The number of nitrogens with one attached hydrogen (secondary N) is 1. The van der Waals surface area contributed by atoms with Crippen molar-refractivity contribution in [2.75, 3.05) is 14.2 Å². The zero-order valence-electron chi connectivity index (χ0n) is 11.3.